The summed E-state index contributed by atoms with van der Waals surface area (Å²) in [5.74, 6) is 0.0230. The molecule has 2 aromatic heterocycles. The van der Waals surface area contributed by atoms with Crippen molar-refractivity contribution in [3.63, 3.8) is 0 Å². The molecule has 5 rings (SSSR count). The van der Waals surface area contributed by atoms with Gasteiger partial charge in [-0.1, -0.05) is 12.1 Å². The second-order valence-corrected chi connectivity index (χ2v) is 6.98. The van der Waals surface area contributed by atoms with E-state index in [4.69, 9.17) is 0 Å². The van der Waals surface area contributed by atoms with E-state index in [0.29, 0.717) is 11.7 Å². The molecule has 25 heavy (non-hydrogen) atoms. The molecule has 0 radical (unpaired) electrons. The van der Waals surface area contributed by atoms with Crippen molar-refractivity contribution in [2.75, 3.05) is 0 Å². The molecule has 0 N–H and O–H groups in total. The van der Waals surface area contributed by atoms with Crippen LogP contribution in [0.5, 0.6) is 0 Å². The maximum Gasteiger partial charge on any atom is 0.274 e. The van der Waals surface area contributed by atoms with Gasteiger partial charge in [-0.3, -0.25) is 9.78 Å². The minimum Gasteiger partial charge on any atom is -0.334 e. The lowest BCUT2D eigenvalue weighted by Gasteiger charge is -2.39. The van der Waals surface area contributed by atoms with Crippen LogP contribution in [0.3, 0.4) is 0 Å². The van der Waals surface area contributed by atoms with E-state index in [2.05, 4.69) is 24.4 Å². The average Bonchev–Trinajstić information content (AvgIpc) is 3.27. The molecule has 3 aromatic rings. The SMILES string of the molecule is O=C(c1cnc2ccccc2n1)N1C2CCC1CC(n1ccnc1)C2. The number of imidazole rings is 1. The van der Waals surface area contributed by atoms with E-state index >= 15 is 0 Å². The van der Waals surface area contributed by atoms with Gasteiger partial charge < -0.3 is 9.47 Å². The number of aromatic nitrogens is 4. The molecule has 4 heterocycles. The maximum atomic E-state index is 13.1. The summed E-state index contributed by atoms with van der Waals surface area (Å²) in [5.41, 5.74) is 2.05. The number of benzene rings is 1. The van der Waals surface area contributed by atoms with Crippen molar-refractivity contribution >= 4 is 16.9 Å². The lowest BCUT2D eigenvalue weighted by Crippen LogP contribution is -2.47. The highest BCUT2D eigenvalue weighted by molar-refractivity contribution is 5.94. The first-order chi connectivity index (χ1) is 12.3. The molecular formula is C19H19N5O. The molecule has 1 amide bonds. The number of fused-ring (bicyclic) bond motifs is 3. The van der Waals surface area contributed by atoms with Crippen molar-refractivity contribution in [3.8, 4) is 0 Å². The fourth-order valence-corrected chi connectivity index (χ4v) is 4.40. The monoisotopic (exact) mass is 333 g/mol. The zero-order chi connectivity index (χ0) is 16.8. The molecule has 6 heteroatoms. The Morgan fingerprint density at radius 1 is 1.04 bits per heavy atom. The number of carbonyl (C=O) groups excluding carboxylic acids is 1. The fourth-order valence-electron chi connectivity index (χ4n) is 4.40. The Morgan fingerprint density at radius 3 is 2.52 bits per heavy atom. The molecule has 2 atom stereocenters. The van der Waals surface area contributed by atoms with Gasteiger partial charge in [0, 0.05) is 30.5 Å². The van der Waals surface area contributed by atoms with E-state index < -0.39 is 0 Å². The average molecular weight is 333 g/mol. The summed E-state index contributed by atoms with van der Waals surface area (Å²) < 4.78 is 2.18. The third-order valence-corrected chi connectivity index (χ3v) is 5.56. The highest BCUT2D eigenvalue weighted by atomic mass is 16.2. The normalized spacial score (nSPS) is 25.4. The Bertz CT molecular complexity index is 908. The number of amides is 1. The van der Waals surface area contributed by atoms with Crippen LogP contribution in [-0.2, 0) is 0 Å². The van der Waals surface area contributed by atoms with Gasteiger partial charge in [-0.15, -0.1) is 0 Å². The smallest absolute Gasteiger partial charge is 0.274 e. The number of hydrogen-bond acceptors (Lipinski definition) is 4. The number of hydrogen-bond donors (Lipinski definition) is 0. The molecule has 126 valence electrons. The van der Waals surface area contributed by atoms with Crippen molar-refractivity contribution in [1.82, 2.24) is 24.4 Å². The van der Waals surface area contributed by atoms with Crippen LogP contribution in [0.15, 0.2) is 49.2 Å². The molecule has 2 aliphatic heterocycles. The second-order valence-electron chi connectivity index (χ2n) is 6.98. The number of rotatable bonds is 2. The summed E-state index contributed by atoms with van der Waals surface area (Å²) in [6.07, 6.45) is 11.5. The Morgan fingerprint density at radius 2 is 1.80 bits per heavy atom. The van der Waals surface area contributed by atoms with Crippen LogP contribution < -0.4 is 0 Å². The zero-order valence-electron chi connectivity index (χ0n) is 13.8. The molecule has 2 aliphatic rings. The maximum absolute atomic E-state index is 13.1. The number of nitrogens with zero attached hydrogens (tertiary/aromatic N) is 5. The van der Waals surface area contributed by atoms with Gasteiger partial charge in [0.1, 0.15) is 5.69 Å². The summed E-state index contributed by atoms with van der Waals surface area (Å²) in [4.78, 5) is 28.3. The van der Waals surface area contributed by atoms with Gasteiger partial charge >= 0.3 is 0 Å². The lowest BCUT2D eigenvalue weighted by atomic mass is 9.96. The van der Waals surface area contributed by atoms with Crippen LogP contribution in [0.1, 0.15) is 42.2 Å². The second kappa shape index (κ2) is 5.65. The first kappa shape index (κ1) is 14.6. The number of piperidine rings is 1. The quantitative estimate of drug-likeness (QED) is 0.723. The molecule has 0 saturated carbocycles. The summed E-state index contributed by atoms with van der Waals surface area (Å²) >= 11 is 0. The van der Waals surface area contributed by atoms with E-state index in [0.717, 1.165) is 36.7 Å². The molecule has 2 unspecified atom stereocenters. The Labute approximate surface area is 145 Å². The molecular weight excluding hydrogens is 314 g/mol. The van der Waals surface area contributed by atoms with Gasteiger partial charge in [0.05, 0.1) is 23.6 Å². The summed E-state index contributed by atoms with van der Waals surface area (Å²) in [7, 11) is 0. The summed E-state index contributed by atoms with van der Waals surface area (Å²) in [6.45, 7) is 0. The summed E-state index contributed by atoms with van der Waals surface area (Å²) in [5, 5.41) is 0. The molecule has 0 spiro atoms. The molecule has 6 nitrogen and oxygen atoms in total. The minimum atomic E-state index is 0.0230. The Hall–Kier alpha value is -2.76. The highest BCUT2D eigenvalue weighted by Gasteiger charge is 2.44. The standard InChI is InChI=1S/C19H19N5O/c25-19(18-11-21-16-3-1-2-4-17(16)22-18)24-13-5-6-14(24)10-15(9-13)23-8-7-20-12-23/h1-4,7-8,11-15H,5-6,9-10H2. The first-order valence-corrected chi connectivity index (χ1v) is 8.81. The van der Waals surface area contributed by atoms with Crippen LogP contribution in [0.4, 0.5) is 0 Å². The Kier molecular flexibility index (Phi) is 3.29. The van der Waals surface area contributed by atoms with Gasteiger partial charge in [-0.2, -0.15) is 0 Å². The Balaban J connectivity index is 1.42. The van der Waals surface area contributed by atoms with E-state index in [1.807, 2.05) is 43.0 Å². The van der Waals surface area contributed by atoms with Crippen molar-refractivity contribution < 1.29 is 4.79 Å². The number of carbonyl (C=O) groups is 1. The third-order valence-electron chi connectivity index (χ3n) is 5.56. The molecule has 2 fully saturated rings. The molecule has 0 aliphatic carbocycles. The van der Waals surface area contributed by atoms with Crippen molar-refractivity contribution in [2.24, 2.45) is 0 Å². The van der Waals surface area contributed by atoms with Crippen molar-refractivity contribution in [1.29, 1.82) is 0 Å². The minimum absolute atomic E-state index is 0.0230. The molecule has 2 bridgehead atoms. The van der Waals surface area contributed by atoms with Crippen molar-refractivity contribution in [3.05, 3.63) is 54.9 Å². The predicted octanol–water partition coefficient (Wildman–Crippen LogP) is 2.83. The van der Waals surface area contributed by atoms with Crippen LogP contribution in [0, 0.1) is 0 Å². The van der Waals surface area contributed by atoms with Gasteiger partial charge in [-0.25, -0.2) is 9.97 Å². The van der Waals surface area contributed by atoms with E-state index in [1.54, 1.807) is 6.20 Å². The topological polar surface area (TPSA) is 63.9 Å². The van der Waals surface area contributed by atoms with Crippen molar-refractivity contribution in [2.45, 2.75) is 43.8 Å². The van der Waals surface area contributed by atoms with Gasteiger partial charge in [0.15, 0.2) is 0 Å². The van der Waals surface area contributed by atoms with Gasteiger partial charge in [0.2, 0.25) is 0 Å². The summed E-state index contributed by atoms with van der Waals surface area (Å²) in [6, 6.07) is 8.67. The van der Waals surface area contributed by atoms with Crippen LogP contribution >= 0.6 is 0 Å². The zero-order valence-corrected chi connectivity index (χ0v) is 13.8. The molecule has 1 aromatic carbocycles. The van der Waals surface area contributed by atoms with E-state index in [-0.39, 0.29) is 18.0 Å². The molecule has 2 saturated heterocycles. The van der Waals surface area contributed by atoms with E-state index in [9.17, 15) is 4.79 Å². The lowest BCUT2D eigenvalue weighted by molar-refractivity contribution is 0.0527. The predicted molar refractivity (Wildman–Crippen MR) is 93.0 cm³/mol. The fraction of sp³-hybridized carbons (Fsp3) is 0.368. The number of para-hydroxylation sites is 2. The third kappa shape index (κ3) is 2.40. The van der Waals surface area contributed by atoms with Crippen LogP contribution in [-0.4, -0.2) is 42.4 Å². The first-order valence-electron chi connectivity index (χ1n) is 8.81. The van der Waals surface area contributed by atoms with Gasteiger partial charge in [0.25, 0.3) is 5.91 Å². The van der Waals surface area contributed by atoms with Crippen LogP contribution in [0.25, 0.3) is 11.0 Å². The largest absolute Gasteiger partial charge is 0.334 e. The van der Waals surface area contributed by atoms with E-state index in [1.165, 1.54) is 0 Å². The highest BCUT2D eigenvalue weighted by Crippen LogP contribution is 2.41. The van der Waals surface area contributed by atoms with Gasteiger partial charge in [-0.05, 0) is 37.8 Å². The van der Waals surface area contributed by atoms with Crippen LogP contribution in [0.2, 0.25) is 0 Å².